The van der Waals surface area contributed by atoms with Crippen molar-refractivity contribution in [2.45, 2.75) is 37.6 Å². The third-order valence-corrected chi connectivity index (χ3v) is 3.55. The van der Waals surface area contributed by atoms with E-state index in [4.69, 9.17) is 9.47 Å². The van der Waals surface area contributed by atoms with Gasteiger partial charge < -0.3 is 29.5 Å². The molecule has 0 unspecified atom stereocenters. The molecule has 7 nitrogen and oxygen atoms in total. The molecule has 7 heteroatoms. The van der Waals surface area contributed by atoms with E-state index in [2.05, 4.69) is 4.74 Å². The minimum Gasteiger partial charge on any atom is -0.466 e. The van der Waals surface area contributed by atoms with Gasteiger partial charge in [-0.2, -0.15) is 0 Å². The number of aliphatic hydroxyl groups is 3. The number of esters is 1. The molecule has 1 saturated heterocycles. The number of carbonyl (C=O) groups excluding carboxylic acids is 1. The number of methoxy groups -OCH3 is 1. The second-order valence-electron chi connectivity index (χ2n) is 5.22. The fourth-order valence-electron chi connectivity index (χ4n) is 2.13. The minimum absolute atomic E-state index is 0.417. The second-order valence-corrected chi connectivity index (χ2v) is 5.22. The van der Waals surface area contributed by atoms with Crippen LogP contribution in [0.3, 0.4) is 0 Å². The van der Waals surface area contributed by atoms with E-state index in [1.54, 1.807) is 37.3 Å². The Hall–Kier alpha value is -1.93. The molecular weight excluding hydrogens is 304 g/mol. The molecule has 1 aromatic rings. The number of hydrogen-bond acceptors (Lipinski definition) is 7. The van der Waals surface area contributed by atoms with E-state index in [1.165, 1.54) is 13.2 Å². The Balaban J connectivity index is 2.00. The fourth-order valence-corrected chi connectivity index (χ4v) is 2.13. The first-order valence-electron chi connectivity index (χ1n) is 7.15. The molecule has 0 saturated carbocycles. The predicted molar refractivity (Wildman–Crippen MR) is 80.5 cm³/mol. The standard InChI is InChI=1S/C16H20O7/c1-9-13(18)14(19)15(20)16(22-9)23-11-6-3-10(4-7-11)5-8-12(17)21-2/h3-9,13-16,18-20H,1-2H3/b8-5+/t9-,13-,14+,15+,16-/m0/s1. The average molecular weight is 324 g/mol. The lowest BCUT2D eigenvalue weighted by atomic mass is 10.00. The van der Waals surface area contributed by atoms with Crippen molar-refractivity contribution >= 4 is 12.0 Å². The van der Waals surface area contributed by atoms with Crippen molar-refractivity contribution in [2.24, 2.45) is 0 Å². The van der Waals surface area contributed by atoms with Crippen LogP contribution in [0.2, 0.25) is 0 Å². The van der Waals surface area contributed by atoms with Crippen LogP contribution < -0.4 is 4.74 Å². The van der Waals surface area contributed by atoms with Gasteiger partial charge in [0.2, 0.25) is 6.29 Å². The lowest BCUT2D eigenvalue weighted by Crippen LogP contribution is -2.58. The van der Waals surface area contributed by atoms with E-state index in [0.717, 1.165) is 5.56 Å². The van der Waals surface area contributed by atoms with Gasteiger partial charge in [0.05, 0.1) is 13.2 Å². The summed E-state index contributed by atoms with van der Waals surface area (Å²) in [4.78, 5) is 11.0. The lowest BCUT2D eigenvalue weighted by Gasteiger charge is -2.38. The molecule has 3 N–H and O–H groups in total. The molecule has 2 rings (SSSR count). The van der Waals surface area contributed by atoms with Crippen LogP contribution in [0.5, 0.6) is 5.75 Å². The summed E-state index contributed by atoms with van der Waals surface area (Å²) in [7, 11) is 1.30. The van der Waals surface area contributed by atoms with Gasteiger partial charge in [-0.1, -0.05) is 12.1 Å². The Morgan fingerprint density at radius 2 is 1.78 bits per heavy atom. The summed E-state index contributed by atoms with van der Waals surface area (Å²) in [6, 6.07) is 6.68. The molecule has 126 valence electrons. The Labute approximate surface area is 133 Å². The highest BCUT2D eigenvalue weighted by Crippen LogP contribution is 2.24. The average Bonchev–Trinajstić information content (AvgIpc) is 2.56. The van der Waals surface area contributed by atoms with Gasteiger partial charge in [-0.15, -0.1) is 0 Å². The van der Waals surface area contributed by atoms with Crippen molar-refractivity contribution < 1.29 is 34.3 Å². The first-order valence-corrected chi connectivity index (χ1v) is 7.15. The molecule has 0 aromatic heterocycles. The zero-order chi connectivity index (χ0) is 17.0. The van der Waals surface area contributed by atoms with Crippen molar-refractivity contribution in [3.05, 3.63) is 35.9 Å². The molecule has 23 heavy (non-hydrogen) atoms. The van der Waals surface area contributed by atoms with E-state index in [-0.39, 0.29) is 0 Å². The fraction of sp³-hybridized carbons (Fsp3) is 0.438. The number of hydrogen-bond donors (Lipinski definition) is 3. The van der Waals surface area contributed by atoms with Gasteiger partial charge >= 0.3 is 5.97 Å². The molecule has 0 amide bonds. The summed E-state index contributed by atoms with van der Waals surface area (Å²) >= 11 is 0. The van der Waals surface area contributed by atoms with Gasteiger partial charge in [0.25, 0.3) is 0 Å². The molecule has 1 aliphatic rings. The van der Waals surface area contributed by atoms with Crippen LogP contribution in [-0.2, 0) is 14.3 Å². The highest BCUT2D eigenvalue weighted by molar-refractivity contribution is 5.86. The van der Waals surface area contributed by atoms with Crippen LogP contribution >= 0.6 is 0 Å². The summed E-state index contributed by atoms with van der Waals surface area (Å²) < 4.78 is 15.3. The van der Waals surface area contributed by atoms with Crippen molar-refractivity contribution in [3.8, 4) is 5.75 Å². The van der Waals surface area contributed by atoms with Gasteiger partial charge in [0, 0.05) is 6.08 Å². The molecule has 0 aliphatic carbocycles. The number of benzene rings is 1. The Bertz CT molecular complexity index is 554. The predicted octanol–water partition coefficient (Wildman–Crippen LogP) is 0.0791. The lowest BCUT2D eigenvalue weighted by molar-refractivity contribution is -0.268. The van der Waals surface area contributed by atoms with Gasteiger partial charge in [-0.3, -0.25) is 0 Å². The molecule has 1 aromatic carbocycles. The van der Waals surface area contributed by atoms with E-state index in [0.29, 0.717) is 5.75 Å². The summed E-state index contributed by atoms with van der Waals surface area (Å²) in [6.45, 7) is 1.58. The minimum atomic E-state index is -1.36. The SMILES string of the molecule is COC(=O)/C=C/c1ccc(O[C@@H]2O[C@@H](C)[C@H](O)[C@@H](O)[C@H]2O)cc1. The van der Waals surface area contributed by atoms with Crippen molar-refractivity contribution in [2.75, 3.05) is 7.11 Å². The summed E-state index contributed by atoms with van der Waals surface area (Å²) in [5.41, 5.74) is 0.761. The van der Waals surface area contributed by atoms with Gasteiger partial charge in [-0.05, 0) is 30.7 Å². The molecule has 0 bridgehead atoms. The Kier molecular flexibility index (Phi) is 5.73. The normalized spacial score (nSPS) is 31.1. The van der Waals surface area contributed by atoms with Crippen LogP contribution in [0.15, 0.2) is 30.3 Å². The van der Waals surface area contributed by atoms with Crippen LogP contribution in [-0.4, -0.2) is 59.1 Å². The number of aliphatic hydroxyl groups excluding tert-OH is 3. The number of carbonyl (C=O) groups is 1. The maximum absolute atomic E-state index is 11.0. The quantitative estimate of drug-likeness (QED) is 0.532. The smallest absolute Gasteiger partial charge is 0.330 e. The molecule has 5 atom stereocenters. The summed E-state index contributed by atoms with van der Waals surface area (Å²) in [5.74, 6) is -0.0364. The number of ether oxygens (including phenoxy) is 3. The maximum Gasteiger partial charge on any atom is 0.330 e. The van der Waals surface area contributed by atoms with Crippen LogP contribution in [0.4, 0.5) is 0 Å². The molecule has 1 heterocycles. The first kappa shape index (κ1) is 17.4. The first-order chi connectivity index (χ1) is 10.9. The Morgan fingerprint density at radius 1 is 1.13 bits per heavy atom. The topological polar surface area (TPSA) is 105 Å². The second kappa shape index (κ2) is 7.56. The largest absolute Gasteiger partial charge is 0.466 e. The van der Waals surface area contributed by atoms with Gasteiger partial charge in [-0.25, -0.2) is 4.79 Å². The highest BCUT2D eigenvalue weighted by Gasteiger charge is 2.43. The monoisotopic (exact) mass is 324 g/mol. The van der Waals surface area contributed by atoms with E-state index < -0.39 is 36.7 Å². The van der Waals surface area contributed by atoms with Crippen LogP contribution in [0.1, 0.15) is 12.5 Å². The molecular formula is C16H20O7. The summed E-state index contributed by atoms with van der Waals surface area (Å²) in [5, 5.41) is 29.3. The number of rotatable bonds is 4. The van der Waals surface area contributed by atoms with E-state index >= 15 is 0 Å². The van der Waals surface area contributed by atoms with Crippen molar-refractivity contribution in [1.29, 1.82) is 0 Å². The summed E-state index contributed by atoms with van der Waals surface area (Å²) in [6.07, 6.45) is -2.74. The van der Waals surface area contributed by atoms with Crippen LogP contribution in [0, 0.1) is 0 Å². The van der Waals surface area contributed by atoms with E-state index in [9.17, 15) is 20.1 Å². The van der Waals surface area contributed by atoms with Crippen molar-refractivity contribution in [3.63, 3.8) is 0 Å². The molecule has 1 aliphatic heterocycles. The van der Waals surface area contributed by atoms with E-state index in [1.807, 2.05) is 0 Å². The van der Waals surface area contributed by atoms with Crippen molar-refractivity contribution in [1.82, 2.24) is 0 Å². The third kappa shape index (κ3) is 4.29. The third-order valence-electron chi connectivity index (χ3n) is 3.55. The molecule has 0 radical (unpaired) electrons. The highest BCUT2D eigenvalue weighted by atomic mass is 16.7. The van der Waals surface area contributed by atoms with Gasteiger partial charge in [0.1, 0.15) is 24.1 Å². The maximum atomic E-state index is 11.0. The Morgan fingerprint density at radius 3 is 2.39 bits per heavy atom. The molecule has 0 spiro atoms. The zero-order valence-corrected chi connectivity index (χ0v) is 12.8. The van der Waals surface area contributed by atoms with Gasteiger partial charge in [0.15, 0.2) is 0 Å². The molecule has 1 fully saturated rings. The zero-order valence-electron chi connectivity index (χ0n) is 12.8. The van der Waals surface area contributed by atoms with Crippen LogP contribution in [0.25, 0.3) is 6.08 Å².